The molecule has 0 spiro atoms. The first kappa shape index (κ1) is 18.0. The van der Waals surface area contributed by atoms with E-state index in [2.05, 4.69) is 23.1 Å². The first-order chi connectivity index (χ1) is 12.6. The maximum Gasteiger partial charge on any atom is 0.227 e. The minimum atomic E-state index is -0.470. The number of benzene rings is 1. The maximum absolute atomic E-state index is 12.8. The highest BCUT2D eigenvalue weighted by Crippen LogP contribution is 2.29. The molecule has 0 bridgehead atoms. The van der Waals surface area contributed by atoms with Crippen molar-refractivity contribution in [3.63, 3.8) is 0 Å². The number of hydrogen-bond acceptors (Lipinski definition) is 4. The summed E-state index contributed by atoms with van der Waals surface area (Å²) in [6, 6.07) is 6.56. The van der Waals surface area contributed by atoms with Crippen LogP contribution >= 0.6 is 0 Å². The Morgan fingerprint density at radius 3 is 2.81 bits per heavy atom. The predicted molar refractivity (Wildman–Crippen MR) is 100 cm³/mol. The van der Waals surface area contributed by atoms with Crippen molar-refractivity contribution in [2.45, 2.75) is 56.7 Å². The molecule has 2 fully saturated rings. The second-order valence-electron chi connectivity index (χ2n) is 7.99. The molecule has 1 saturated carbocycles. The number of nitrogens with zero attached hydrogens (tertiary/aromatic N) is 2. The molecular weight excluding hydrogens is 328 g/mol. The third-order valence-corrected chi connectivity index (χ3v) is 6.47. The van der Waals surface area contributed by atoms with Crippen LogP contribution in [0.25, 0.3) is 0 Å². The van der Waals surface area contributed by atoms with Crippen LogP contribution in [0.1, 0.15) is 36.0 Å². The van der Waals surface area contributed by atoms with Gasteiger partial charge in [0.05, 0.1) is 31.8 Å². The Bertz CT molecular complexity index is 657. The summed E-state index contributed by atoms with van der Waals surface area (Å²) in [4.78, 5) is 16.9. The van der Waals surface area contributed by atoms with Gasteiger partial charge in [-0.1, -0.05) is 18.2 Å². The molecule has 142 valence electrons. The minimum Gasteiger partial charge on any atom is -0.389 e. The van der Waals surface area contributed by atoms with Crippen molar-refractivity contribution in [2.75, 3.05) is 33.4 Å². The van der Waals surface area contributed by atoms with Gasteiger partial charge in [0.15, 0.2) is 0 Å². The second kappa shape index (κ2) is 7.67. The lowest BCUT2D eigenvalue weighted by Crippen LogP contribution is -2.52. The van der Waals surface area contributed by atoms with E-state index in [1.807, 2.05) is 7.05 Å². The lowest BCUT2D eigenvalue weighted by atomic mass is 10.0. The largest absolute Gasteiger partial charge is 0.389 e. The average molecular weight is 358 g/mol. The minimum absolute atomic E-state index is 0.0789. The maximum atomic E-state index is 12.8. The molecule has 2 aliphatic carbocycles. The molecule has 1 saturated heterocycles. The number of morpholine rings is 1. The summed E-state index contributed by atoms with van der Waals surface area (Å²) < 4.78 is 5.42. The SMILES string of the molecule is CN(C(=O)Cc1ccc2c(c1)CCC2)[C@@H]1CC[C@@H](N2CCOCC2)[C@@H]1O. The fourth-order valence-corrected chi connectivity index (χ4v) is 4.89. The number of carbonyl (C=O) groups is 1. The summed E-state index contributed by atoms with van der Waals surface area (Å²) in [7, 11) is 1.85. The molecule has 1 aromatic rings. The van der Waals surface area contributed by atoms with Gasteiger partial charge in [0, 0.05) is 26.2 Å². The van der Waals surface area contributed by atoms with Gasteiger partial charge in [-0.2, -0.15) is 0 Å². The average Bonchev–Trinajstić information content (AvgIpc) is 3.27. The van der Waals surface area contributed by atoms with Crippen LogP contribution in [-0.4, -0.2) is 72.4 Å². The third kappa shape index (κ3) is 3.53. The van der Waals surface area contributed by atoms with Crippen molar-refractivity contribution in [2.24, 2.45) is 0 Å². The Morgan fingerprint density at radius 1 is 1.23 bits per heavy atom. The molecule has 1 aromatic carbocycles. The molecule has 5 nitrogen and oxygen atoms in total. The van der Waals surface area contributed by atoms with Crippen LogP contribution < -0.4 is 0 Å². The number of aliphatic hydroxyl groups is 1. The molecule has 0 aromatic heterocycles. The van der Waals surface area contributed by atoms with Gasteiger partial charge in [-0.25, -0.2) is 0 Å². The first-order valence-electron chi connectivity index (χ1n) is 9.99. The van der Waals surface area contributed by atoms with E-state index in [4.69, 9.17) is 4.74 Å². The number of amides is 1. The highest BCUT2D eigenvalue weighted by atomic mass is 16.5. The number of likely N-dealkylation sites (N-methyl/N-ethyl adjacent to an activating group) is 1. The van der Waals surface area contributed by atoms with Gasteiger partial charge in [0.2, 0.25) is 5.91 Å². The molecule has 26 heavy (non-hydrogen) atoms. The molecule has 3 atom stereocenters. The van der Waals surface area contributed by atoms with Crippen molar-refractivity contribution in [1.82, 2.24) is 9.80 Å². The van der Waals surface area contributed by atoms with Crippen LogP contribution in [0.15, 0.2) is 18.2 Å². The van der Waals surface area contributed by atoms with Crippen LogP contribution in [-0.2, 0) is 28.8 Å². The summed E-state index contributed by atoms with van der Waals surface area (Å²) in [6.45, 7) is 3.23. The fourth-order valence-electron chi connectivity index (χ4n) is 4.89. The lowest BCUT2D eigenvalue weighted by molar-refractivity contribution is -0.133. The summed E-state index contributed by atoms with van der Waals surface area (Å²) in [5.74, 6) is 0.106. The number of ether oxygens (including phenoxy) is 1. The number of hydrogen-bond donors (Lipinski definition) is 1. The number of rotatable bonds is 4. The Morgan fingerprint density at radius 2 is 2.00 bits per heavy atom. The highest BCUT2D eigenvalue weighted by Gasteiger charge is 2.41. The van der Waals surface area contributed by atoms with E-state index in [0.717, 1.165) is 51.1 Å². The molecule has 1 heterocycles. The highest BCUT2D eigenvalue weighted by molar-refractivity contribution is 5.79. The quantitative estimate of drug-likeness (QED) is 0.884. The topological polar surface area (TPSA) is 53.0 Å². The van der Waals surface area contributed by atoms with Gasteiger partial charge < -0.3 is 14.7 Å². The van der Waals surface area contributed by atoms with Gasteiger partial charge in [-0.3, -0.25) is 9.69 Å². The molecule has 0 radical (unpaired) electrons. The Hall–Kier alpha value is -1.43. The zero-order valence-corrected chi connectivity index (χ0v) is 15.7. The molecule has 5 heteroatoms. The molecular formula is C21H30N2O3. The van der Waals surface area contributed by atoms with Crippen molar-refractivity contribution in [1.29, 1.82) is 0 Å². The van der Waals surface area contributed by atoms with Crippen LogP contribution in [0.2, 0.25) is 0 Å². The van der Waals surface area contributed by atoms with Crippen molar-refractivity contribution >= 4 is 5.91 Å². The number of aliphatic hydroxyl groups excluding tert-OH is 1. The summed E-state index contributed by atoms with van der Waals surface area (Å²) in [5, 5.41) is 10.8. The number of aryl methyl sites for hydroxylation is 2. The smallest absolute Gasteiger partial charge is 0.227 e. The Labute approximate surface area is 155 Å². The summed E-state index contributed by atoms with van der Waals surface area (Å²) in [6.07, 6.45) is 5.30. The van der Waals surface area contributed by atoms with Gasteiger partial charge in [0.1, 0.15) is 0 Å². The predicted octanol–water partition coefficient (Wildman–Crippen LogP) is 1.40. The normalized spacial score (nSPS) is 28.9. The van der Waals surface area contributed by atoms with Crippen molar-refractivity contribution < 1.29 is 14.6 Å². The molecule has 1 amide bonds. The van der Waals surface area contributed by atoms with Gasteiger partial charge in [-0.05, 0) is 48.8 Å². The molecule has 0 unspecified atom stereocenters. The van der Waals surface area contributed by atoms with Crippen LogP contribution in [0.3, 0.4) is 0 Å². The van der Waals surface area contributed by atoms with E-state index in [-0.39, 0.29) is 18.0 Å². The number of fused-ring (bicyclic) bond motifs is 1. The third-order valence-electron chi connectivity index (χ3n) is 6.47. The standard InChI is InChI=1S/C21H30N2O3/c1-22(18-7-8-19(21(18)25)23-9-11-26-12-10-23)20(24)14-15-5-6-16-3-2-4-17(16)13-15/h5-6,13,18-19,21,25H,2-4,7-12,14H2,1H3/t18-,19-,21-/m1/s1. The molecule has 1 N–H and O–H groups in total. The van der Waals surface area contributed by atoms with E-state index < -0.39 is 6.10 Å². The monoisotopic (exact) mass is 358 g/mol. The van der Waals surface area contributed by atoms with E-state index >= 15 is 0 Å². The van der Waals surface area contributed by atoms with Gasteiger partial charge in [0.25, 0.3) is 0 Å². The summed E-state index contributed by atoms with van der Waals surface area (Å²) >= 11 is 0. The van der Waals surface area contributed by atoms with Crippen LogP contribution in [0, 0.1) is 0 Å². The molecule has 4 rings (SSSR count). The molecule has 3 aliphatic rings. The van der Waals surface area contributed by atoms with Crippen molar-refractivity contribution in [3.8, 4) is 0 Å². The van der Waals surface area contributed by atoms with E-state index in [1.165, 1.54) is 24.0 Å². The fraction of sp³-hybridized carbons (Fsp3) is 0.667. The second-order valence-corrected chi connectivity index (χ2v) is 7.99. The van der Waals surface area contributed by atoms with Gasteiger partial charge >= 0.3 is 0 Å². The van der Waals surface area contributed by atoms with E-state index in [0.29, 0.717) is 6.42 Å². The zero-order chi connectivity index (χ0) is 18.1. The first-order valence-corrected chi connectivity index (χ1v) is 9.99. The van der Waals surface area contributed by atoms with Crippen molar-refractivity contribution in [3.05, 3.63) is 34.9 Å². The summed E-state index contributed by atoms with van der Waals surface area (Å²) in [5.41, 5.74) is 3.94. The Kier molecular flexibility index (Phi) is 5.30. The Balaban J connectivity index is 1.37. The van der Waals surface area contributed by atoms with E-state index in [1.54, 1.807) is 4.90 Å². The molecule has 1 aliphatic heterocycles. The van der Waals surface area contributed by atoms with Crippen LogP contribution in [0.4, 0.5) is 0 Å². The van der Waals surface area contributed by atoms with Crippen LogP contribution in [0.5, 0.6) is 0 Å². The number of carbonyl (C=O) groups excluding carboxylic acids is 1. The van der Waals surface area contributed by atoms with Gasteiger partial charge in [-0.15, -0.1) is 0 Å². The lowest BCUT2D eigenvalue weighted by Gasteiger charge is -2.36. The van der Waals surface area contributed by atoms with E-state index in [9.17, 15) is 9.90 Å². The zero-order valence-electron chi connectivity index (χ0n) is 15.7.